The summed E-state index contributed by atoms with van der Waals surface area (Å²) in [5.74, 6) is 1.07. The largest absolute Gasteiger partial charge is 0.497 e. The molecule has 31 heavy (non-hydrogen) atoms. The van der Waals surface area contributed by atoms with E-state index in [1.165, 1.54) is 0 Å². The number of fused-ring (bicyclic) bond motifs is 1. The zero-order chi connectivity index (χ0) is 22.2. The average Bonchev–Trinajstić information content (AvgIpc) is 3.40. The van der Waals surface area contributed by atoms with E-state index in [4.69, 9.17) is 4.74 Å². The maximum absolute atomic E-state index is 13.0. The predicted octanol–water partition coefficient (Wildman–Crippen LogP) is 3.89. The van der Waals surface area contributed by atoms with E-state index in [-0.39, 0.29) is 12.1 Å². The summed E-state index contributed by atoms with van der Waals surface area (Å²) in [6, 6.07) is 5.86. The lowest BCUT2D eigenvalue weighted by Crippen LogP contribution is -2.48. The van der Waals surface area contributed by atoms with Gasteiger partial charge in [-0.15, -0.1) is 0 Å². The molecule has 7 nitrogen and oxygen atoms in total. The van der Waals surface area contributed by atoms with Gasteiger partial charge >= 0.3 is 0 Å². The number of aromatic amines is 2. The van der Waals surface area contributed by atoms with E-state index < -0.39 is 0 Å². The van der Waals surface area contributed by atoms with Crippen LogP contribution in [0.3, 0.4) is 0 Å². The number of Topliss-reactive ketones (excluding diaryl/α,β-unsaturated/α-hetero) is 1. The Bertz CT molecular complexity index is 1010. The van der Waals surface area contributed by atoms with Crippen LogP contribution in [0.15, 0.2) is 36.9 Å². The highest BCUT2D eigenvalue weighted by atomic mass is 16.5. The second kappa shape index (κ2) is 10.8. The molecule has 3 aromatic rings. The molecule has 0 aliphatic rings. The van der Waals surface area contributed by atoms with Crippen molar-refractivity contribution in [2.45, 2.75) is 65.0 Å². The smallest absolute Gasteiger partial charge is 0.243 e. The van der Waals surface area contributed by atoms with Crippen molar-refractivity contribution in [1.82, 2.24) is 15.3 Å². The van der Waals surface area contributed by atoms with Crippen molar-refractivity contribution < 1.29 is 18.9 Å². The third kappa shape index (κ3) is 5.96. The van der Waals surface area contributed by atoms with Crippen molar-refractivity contribution in [3.63, 3.8) is 0 Å². The van der Waals surface area contributed by atoms with Crippen LogP contribution in [0.2, 0.25) is 0 Å². The number of benzene rings is 1. The van der Waals surface area contributed by atoms with Crippen LogP contribution in [-0.4, -0.2) is 28.8 Å². The first-order chi connectivity index (χ1) is 15.0. The maximum Gasteiger partial charge on any atom is 0.243 e. The van der Waals surface area contributed by atoms with Crippen molar-refractivity contribution in [3.05, 3.63) is 48.2 Å². The number of hydrogen-bond acceptors (Lipinski definition) is 3. The van der Waals surface area contributed by atoms with Gasteiger partial charge in [0.2, 0.25) is 12.2 Å². The van der Waals surface area contributed by atoms with E-state index in [0.717, 1.165) is 53.6 Å². The lowest BCUT2D eigenvalue weighted by molar-refractivity contribution is -0.726. The maximum atomic E-state index is 13.0. The predicted molar refractivity (Wildman–Crippen MR) is 120 cm³/mol. The summed E-state index contributed by atoms with van der Waals surface area (Å²) < 4.78 is 7.34. The molecule has 3 N–H and O–H groups in total. The monoisotopic (exact) mass is 425 g/mol. The third-order valence-electron chi connectivity index (χ3n) is 5.75. The molecule has 0 fully saturated rings. The summed E-state index contributed by atoms with van der Waals surface area (Å²) in [6.07, 6.45) is 10.7. The minimum Gasteiger partial charge on any atom is -0.497 e. The normalized spacial score (nSPS) is 12.1. The number of aromatic nitrogens is 3. The SMILES string of the molecule is CCC(=O)CCCCC[C@@H](NC(=O)Cc1c(C)[nH]c2ccc(OC)cc12)[n+]1cc[nH]c1. The Morgan fingerprint density at radius 1 is 1.23 bits per heavy atom. The first-order valence-corrected chi connectivity index (χ1v) is 11.0. The standard InChI is InChI=1S/C24H32N4O3/c1-4-18(29)8-6-5-7-9-23(28-13-12-25-16-28)27-24(30)15-20-17(2)26-22-11-10-19(31-3)14-21(20)22/h10-14,16,23,26H,4-9,15H2,1-3H3,(H,27,30)/p+1/t23-/m0/s1. The molecule has 0 aliphatic carbocycles. The highest BCUT2D eigenvalue weighted by molar-refractivity contribution is 5.91. The number of carbonyl (C=O) groups is 2. The van der Waals surface area contributed by atoms with E-state index in [1.807, 2.05) is 55.3 Å². The molecular weight excluding hydrogens is 392 g/mol. The van der Waals surface area contributed by atoms with Gasteiger partial charge in [-0.3, -0.25) is 14.6 Å². The lowest BCUT2D eigenvalue weighted by Gasteiger charge is -2.16. The van der Waals surface area contributed by atoms with Gasteiger partial charge in [-0.25, -0.2) is 4.57 Å². The van der Waals surface area contributed by atoms with Crippen LogP contribution in [0.5, 0.6) is 5.75 Å². The van der Waals surface area contributed by atoms with Crippen LogP contribution in [0.1, 0.15) is 62.9 Å². The Labute approximate surface area is 183 Å². The molecule has 0 aliphatic heterocycles. The molecule has 1 aromatic carbocycles. The number of amides is 1. The fraction of sp³-hybridized carbons (Fsp3) is 0.458. The van der Waals surface area contributed by atoms with E-state index in [9.17, 15) is 9.59 Å². The number of nitrogens with one attached hydrogen (secondary N) is 3. The number of aryl methyl sites for hydroxylation is 1. The van der Waals surface area contributed by atoms with Crippen molar-refractivity contribution in [2.24, 2.45) is 0 Å². The van der Waals surface area contributed by atoms with Gasteiger partial charge in [0.05, 0.1) is 13.5 Å². The summed E-state index contributed by atoms with van der Waals surface area (Å²) in [7, 11) is 1.64. The molecular formula is C24H33N4O3+. The summed E-state index contributed by atoms with van der Waals surface area (Å²) >= 11 is 0. The molecule has 166 valence electrons. The summed E-state index contributed by atoms with van der Waals surface area (Å²) in [5.41, 5.74) is 2.98. The molecule has 3 rings (SSSR count). The third-order valence-corrected chi connectivity index (χ3v) is 5.75. The summed E-state index contributed by atoms with van der Waals surface area (Å²) in [6.45, 7) is 3.90. The lowest BCUT2D eigenvalue weighted by atomic mass is 10.1. The Kier molecular flexibility index (Phi) is 7.87. The molecule has 0 saturated heterocycles. The van der Waals surface area contributed by atoms with Crippen LogP contribution < -0.4 is 14.6 Å². The summed E-state index contributed by atoms with van der Waals surface area (Å²) in [5, 5.41) is 4.19. The van der Waals surface area contributed by atoms with E-state index in [1.54, 1.807) is 7.11 Å². The number of H-pyrrole nitrogens is 2. The number of ketones is 1. The molecule has 1 amide bonds. The molecule has 1 atom stereocenters. The number of rotatable bonds is 12. The minimum absolute atomic E-state index is 0.0216. The van der Waals surface area contributed by atoms with E-state index >= 15 is 0 Å². The summed E-state index contributed by atoms with van der Waals surface area (Å²) in [4.78, 5) is 30.8. The number of nitrogens with zero attached hydrogens (tertiary/aromatic N) is 1. The quantitative estimate of drug-likeness (QED) is 0.304. The molecule has 2 heterocycles. The zero-order valence-corrected chi connectivity index (χ0v) is 18.7. The number of unbranched alkanes of at least 4 members (excludes halogenated alkanes) is 2. The van der Waals surface area contributed by atoms with E-state index in [2.05, 4.69) is 15.3 Å². The van der Waals surface area contributed by atoms with Gasteiger partial charge in [-0.1, -0.05) is 13.3 Å². The zero-order valence-electron chi connectivity index (χ0n) is 18.7. The van der Waals surface area contributed by atoms with Crippen LogP contribution in [-0.2, 0) is 16.0 Å². The van der Waals surface area contributed by atoms with Crippen LogP contribution in [0.25, 0.3) is 10.9 Å². The van der Waals surface area contributed by atoms with Gasteiger partial charge in [0, 0.05) is 35.9 Å². The Hall–Kier alpha value is -3.09. The highest BCUT2D eigenvalue weighted by Crippen LogP contribution is 2.27. The Morgan fingerprint density at radius 3 is 2.77 bits per heavy atom. The van der Waals surface area contributed by atoms with Crippen LogP contribution in [0.4, 0.5) is 0 Å². The van der Waals surface area contributed by atoms with Crippen LogP contribution in [0, 0.1) is 6.92 Å². The molecule has 0 unspecified atom stereocenters. The Morgan fingerprint density at radius 2 is 2.06 bits per heavy atom. The van der Waals surface area contributed by atoms with Crippen molar-refractivity contribution in [3.8, 4) is 5.75 Å². The number of ether oxygens (including phenoxy) is 1. The van der Waals surface area contributed by atoms with E-state index in [0.29, 0.717) is 25.0 Å². The molecule has 2 aromatic heterocycles. The number of carbonyl (C=O) groups excluding carboxylic acids is 2. The molecule has 7 heteroatoms. The van der Waals surface area contributed by atoms with Gasteiger partial charge in [-0.2, -0.15) is 0 Å². The van der Waals surface area contributed by atoms with Gasteiger partial charge < -0.3 is 15.0 Å². The molecule has 0 spiro atoms. The second-order valence-electron chi connectivity index (χ2n) is 7.95. The van der Waals surface area contributed by atoms with Gasteiger partial charge in [0.15, 0.2) is 6.17 Å². The molecule has 0 bridgehead atoms. The fourth-order valence-corrected chi connectivity index (χ4v) is 3.92. The van der Waals surface area contributed by atoms with Gasteiger partial charge in [0.25, 0.3) is 0 Å². The van der Waals surface area contributed by atoms with Gasteiger partial charge in [0.1, 0.15) is 23.9 Å². The fourth-order valence-electron chi connectivity index (χ4n) is 3.92. The molecule has 0 radical (unpaired) electrons. The topological polar surface area (TPSA) is 90.9 Å². The minimum atomic E-state index is -0.124. The number of methoxy groups -OCH3 is 1. The average molecular weight is 426 g/mol. The van der Waals surface area contributed by atoms with Crippen molar-refractivity contribution >= 4 is 22.6 Å². The van der Waals surface area contributed by atoms with Crippen LogP contribution >= 0.6 is 0 Å². The number of hydrogen-bond donors (Lipinski definition) is 3. The van der Waals surface area contributed by atoms with Gasteiger partial charge in [-0.05, 0) is 43.5 Å². The first kappa shape index (κ1) is 22.6. The first-order valence-electron chi connectivity index (χ1n) is 11.0. The number of imidazole rings is 1. The molecule has 0 saturated carbocycles. The highest BCUT2D eigenvalue weighted by Gasteiger charge is 2.20. The van der Waals surface area contributed by atoms with Crippen molar-refractivity contribution in [1.29, 1.82) is 0 Å². The Balaban J connectivity index is 1.63. The second-order valence-corrected chi connectivity index (χ2v) is 7.95. The van der Waals surface area contributed by atoms with Crippen molar-refractivity contribution in [2.75, 3.05) is 7.11 Å².